The minimum Gasteiger partial charge on any atom is -0.454 e. The molecule has 122 valence electrons. The summed E-state index contributed by atoms with van der Waals surface area (Å²) in [5, 5.41) is 8.82. The molecule has 0 atom stereocenters. The predicted octanol–water partition coefficient (Wildman–Crippen LogP) is 4.55. The Bertz CT molecular complexity index is 903. The molecule has 2 aromatic carbocycles. The highest BCUT2D eigenvalue weighted by molar-refractivity contribution is 7.98. The third-order valence-electron chi connectivity index (χ3n) is 3.39. The van der Waals surface area contributed by atoms with Gasteiger partial charge in [0.1, 0.15) is 5.82 Å². The van der Waals surface area contributed by atoms with Crippen LogP contribution in [0.2, 0.25) is 5.02 Å². The van der Waals surface area contributed by atoms with E-state index in [4.69, 9.17) is 25.5 Å². The maximum Gasteiger partial charge on any atom is 0.277 e. The minimum atomic E-state index is -0.364. The maximum absolute atomic E-state index is 13.0. The van der Waals surface area contributed by atoms with Crippen molar-refractivity contribution >= 4 is 23.4 Å². The van der Waals surface area contributed by atoms with E-state index in [9.17, 15) is 4.39 Å². The van der Waals surface area contributed by atoms with Gasteiger partial charge in [-0.05, 0) is 35.9 Å². The van der Waals surface area contributed by atoms with Gasteiger partial charge in [0.25, 0.3) is 5.22 Å². The zero-order chi connectivity index (χ0) is 16.5. The lowest BCUT2D eigenvalue weighted by molar-refractivity contribution is 0.174. The molecule has 4 rings (SSSR count). The molecule has 24 heavy (non-hydrogen) atoms. The molecule has 0 aliphatic carbocycles. The molecule has 1 aliphatic rings. The second-order valence-electron chi connectivity index (χ2n) is 4.97. The van der Waals surface area contributed by atoms with Gasteiger partial charge in [0.15, 0.2) is 11.5 Å². The summed E-state index contributed by atoms with van der Waals surface area (Å²) in [5.74, 6) is 1.87. The smallest absolute Gasteiger partial charge is 0.277 e. The van der Waals surface area contributed by atoms with E-state index in [1.165, 1.54) is 23.9 Å². The SMILES string of the molecule is Fc1ccc(CSc2nnc(-c3ccc4c(c3)OCO4)o2)c(Cl)c1. The number of aromatic nitrogens is 2. The molecule has 0 saturated carbocycles. The average molecular weight is 365 g/mol. The Hall–Kier alpha value is -2.25. The first-order valence-corrected chi connectivity index (χ1v) is 8.36. The molecule has 0 fully saturated rings. The highest BCUT2D eigenvalue weighted by atomic mass is 35.5. The molecule has 1 aliphatic heterocycles. The van der Waals surface area contributed by atoms with Crippen LogP contribution in [-0.4, -0.2) is 17.0 Å². The highest BCUT2D eigenvalue weighted by Gasteiger charge is 2.17. The van der Waals surface area contributed by atoms with Gasteiger partial charge in [-0.25, -0.2) is 4.39 Å². The summed E-state index contributed by atoms with van der Waals surface area (Å²) >= 11 is 7.34. The second kappa shape index (κ2) is 6.33. The zero-order valence-electron chi connectivity index (χ0n) is 12.2. The lowest BCUT2D eigenvalue weighted by atomic mass is 10.2. The van der Waals surface area contributed by atoms with Gasteiger partial charge in [0.05, 0.1) is 0 Å². The number of rotatable bonds is 4. The van der Waals surface area contributed by atoms with Crippen molar-refractivity contribution in [3.05, 3.63) is 52.8 Å². The third kappa shape index (κ3) is 3.05. The number of hydrogen-bond acceptors (Lipinski definition) is 6. The number of hydrogen-bond donors (Lipinski definition) is 0. The first-order chi connectivity index (χ1) is 11.7. The van der Waals surface area contributed by atoms with Crippen LogP contribution in [0, 0.1) is 5.82 Å². The fraction of sp³-hybridized carbons (Fsp3) is 0.125. The molecule has 0 unspecified atom stereocenters. The van der Waals surface area contributed by atoms with Gasteiger partial charge in [0.2, 0.25) is 12.7 Å². The summed E-state index contributed by atoms with van der Waals surface area (Å²) in [4.78, 5) is 0. The molecular formula is C16H10ClFN2O3S. The Morgan fingerprint density at radius 3 is 2.83 bits per heavy atom. The van der Waals surface area contributed by atoms with Crippen molar-refractivity contribution in [2.75, 3.05) is 6.79 Å². The van der Waals surface area contributed by atoms with E-state index in [1.807, 2.05) is 6.07 Å². The van der Waals surface area contributed by atoms with E-state index in [0.717, 1.165) is 11.1 Å². The summed E-state index contributed by atoms with van der Waals surface area (Å²) < 4.78 is 29.3. The van der Waals surface area contributed by atoms with Crippen molar-refractivity contribution in [3.63, 3.8) is 0 Å². The lowest BCUT2D eigenvalue weighted by Gasteiger charge is -2.01. The Balaban J connectivity index is 1.48. The van der Waals surface area contributed by atoms with Crippen molar-refractivity contribution in [2.45, 2.75) is 11.0 Å². The maximum atomic E-state index is 13.0. The standard InChI is InChI=1S/C16H10ClFN2O3S/c17-12-6-11(18)3-1-10(12)7-24-16-20-19-15(23-16)9-2-4-13-14(5-9)22-8-21-13/h1-6H,7-8H2. The summed E-state index contributed by atoms with van der Waals surface area (Å²) in [7, 11) is 0. The van der Waals surface area contributed by atoms with Gasteiger partial charge in [0, 0.05) is 16.3 Å². The van der Waals surface area contributed by atoms with Crippen LogP contribution in [0.3, 0.4) is 0 Å². The van der Waals surface area contributed by atoms with Gasteiger partial charge in [-0.2, -0.15) is 0 Å². The normalized spacial score (nSPS) is 12.6. The third-order valence-corrected chi connectivity index (χ3v) is 4.61. The van der Waals surface area contributed by atoms with E-state index in [-0.39, 0.29) is 12.6 Å². The van der Waals surface area contributed by atoms with Crippen LogP contribution in [0.4, 0.5) is 4.39 Å². The van der Waals surface area contributed by atoms with Crippen LogP contribution in [0.25, 0.3) is 11.5 Å². The Labute approximate surface area is 145 Å². The Morgan fingerprint density at radius 2 is 1.96 bits per heavy atom. The zero-order valence-corrected chi connectivity index (χ0v) is 13.7. The van der Waals surface area contributed by atoms with Crippen molar-refractivity contribution in [3.8, 4) is 23.0 Å². The van der Waals surface area contributed by atoms with Crippen LogP contribution in [-0.2, 0) is 5.75 Å². The van der Waals surface area contributed by atoms with Gasteiger partial charge in [-0.15, -0.1) is 10.2 Å². The molecular weight excluding hydrogens is 355 g/mol. The number of halogens is 2. The van der Waals surface area contributed by atoms with E-state index < -0.39 is 0 Å². The molecule has 0 spiro atoms. The number of benzene rings is 2. The number of fused-ring (bicyclic) bond motifs is 1. The molecule has 3 aromatic rings. The first-order valence-electron chi connectivity index (χ1n) is 6.99. The largest absolute Gasteiger partial charge is 0.454 e. The molecule has 0 saturated heterocycles. The van der Waals surface area contributed by atoms with E-state index in [1.54, 1.807) is 18.2 Å². The first kappa shape index (κ1) is 15.3. The van der Waals surface area contributed by atoms with Gasteiger partial charge >= 0.3 is 0 Å². The van der Waals surface area contributed by atoms with E-state index in [0.29, 0.717) is 33.4 Å². The monoisotopic (exact) mass is 364 g/mol. The van der Waals surface area contributed by atoms with E-state index >= 15 is 0 Å². The molecule has 5 nitrogen and oxygen atoms in total. The Morgan fingerprint density at radius 1 is 1.08 bits per heavy atom. The molecule has 0 bridgehead atoms. The van der Waals surface area contributed by atoms with Crippen molar-refractivity contribution < 1.29 is 18.3 Å². The van der Waals surface area contributed by atoms with Crippen molar-refractivity contribution in [1.29, 1.82) is 0 Å². The lowest BCUT2D eigenvalue weighted by Crippen LogP contribution is -1.92. The van der Waals surface area contributed by atoms with Crippen LogP contribution >= 0.6 is 23.4 Å². The van der Waals surface area contributed by atoms with Crippen LogP contribution < -0.4 is 9.47 Å². The number of ether oxygens (including phenoxy) is 2. The minimum absolute atomic E-state index is 0.210. The molecule has 1 aromatic heterocycles. The fourth-order valence-corrected chi connectivity index (χ4v) is 3.27. The fourth-order valence-electron chi connectivity index (χ4n) is 2.19. The Kier molecular flexibility index (Phi) is 4.03. The van der Waals surface area contributed by atoms with Crippen molar-refractivity contribution in [2.24, 2.45) is 0 Å². The summed E-state index contributed by atoms with van der Waals surface area (Å²) in [6.45, 7) is 0.210. The van der Waals surface area contributed by atoms with Crippen LogP contribution in [0.15, 0.2) is 46.0 Å². The second-order valence-corrected chi connectivity index (χ2v) is 6.30. The number of thioether (sulfide) groups is 1. The molecule has 0 radical (unpaired) electrons. The van der Waals surface area contributed by atoms with Gasteiger partial charge < -0.3 is 13.9 Å². The van der Waals surface area contributed by atoms with Gasteiger partial charge in [-0.3, -0.25) is 0 Å². The molecule has 0 amide bonds. The molecule has 2 heterocycles. The summed E-state index contributed by atoms with van der Waals surface area (Å²) in [6, 6.07) is 9.71. The summed E-state index contributed by atoms with van der Waals surface area (Å²) in [5.41, 5.74) is 1.55. The highest BCUT2D eigenvalue weighted by Crippen LogP contribution is 2.36. The predicted molar refractivity (Wildman–Crippen MR) is 86.8 cm³/mol. The summed E-state index contributed by atoms with van der Waals surface area (Å²) in [6.07, 6.45) is 0. The number of nitrogens with zero attached hydrogens (tertiary/aromatic N) is 2. The average Bonchev–Trinajstić information content (AvgIpc) is 3.22. The van der Waals surface area contributed by atoms with Gasteiger partial charge in [-0.1, -0.05) is 29.4 Å². The van der Waals surface area contributed by atoms with Crippen LogP contribution in [0.1, 0.15) is 5.56 Å². The van der Waals surface area contributed by atoms with Crippen LogP contribution in [0.5, 0.6) is 11.5 Å². The quantitative estimate of drug-likeness (QED) is 0.633. The molecule has 8 heteroatoms. The molecule has 0 N–H and O–H groups in total. The topological polar surface area (TPSA) is 57.4 Å². The van der Waals surface area contributed by atoms with E-state index in [2.05, 4.69) is 10.2 Å². The van der Waals surface area contributed by atoms with Crippen molar-refractivity contribution in [1.82, 2.24) is 10.2 Å².